The summed E-state index contributed by atoms with van der Waals surface area (Å²) in [5.74, 6) is 0.215. The predicted octanol–water partition coefficient (Wildman–Crippen LogP) is 2.57. The molecule has 0 radical (unpaired) electrons. The van der Waals surface area contributed by atoms with Gasteiger partial charge in [0.2, 0.25) is 5.91 Å². The molecule has 6 heteroatoms. The summed E-state index contributed by atoms with van der Waals surface area (Å²) in [4.78, 5) is 40.6. The molecule has 0 spiro atoms. The lowest BCUT2D eigenvalue weighted by Gasteiger charge is -2.43. The summed E-state index contributed by atoms with van der Waals surface area (Å²) in [6, 6.07) is 7.86. The van der Waals surface area contributed by atoms with E-state index in [1.165, 1.54) is 0 Å². The van der Waals surface area contributed by atoms with Crippen LogP contribution in [-0.2, 0) is 14.3 Å². The quantitative estimate of drug-likeness (QED) is 0.846. The molecule has 1 aliphatic carbocycles. The van der Waals surface area contributed by atoms with Gasteiger partial charge in [-0.2, -0.15) is 0 Å². The van der Waals surface area contributed by atoms with Crippen molar-refractivity contribution in [3.63, 3.8) is 0 Å². The molecule has 0 unspecified atom stereocenters. The maximum atomic E-state index is 13.7. The minimum absolute atomic E-state index is 0.0311. The van der Waals surface area contributed by atoms with Gasteiger partial charge >= 0.3 is 0 Å². The first-order valence-electron chi connectivity index (χ1n) is 10.7. The molecule has 2 amide bonds. The van der Waals surface area contributed by atoms with Crippen LogP contribution < -0.4 is 5.32 Å². The molecule has 0 aromatic heterocycles. The van der Waals surface area contributed by atoms with Gasteiger partial charge in [-0.15, -0.1) is 0 Å². The molecule has 2 aliphatic heterocycles. The number of ether oxygens (including phenoxy) is 1. The molecule has 3 atom stereocenters. The Labute approximate surface area is 172 Å². The van der Waals surface area contributed by atoms with Crippen LogP contribution in [-0.4, -0.2) is 53.8 Å². The Kier molecular flexibility index (Phi) is 5.47. The molecule has 3 fully saturated rings. The number of Topliss-reactive ketones (excluding diaryl/α,β-unsaturated/α-hetero) is 1. The Hall–Kier alpha value is -2.21. The number of nitrogens with one attached hydrogen (secondary N) is 1. The number of rotatable bonds is 4. The summed E-state index contributed by atoms with van der Waals surface area (Å²) in [5, 5.41) is 3.05. The van der Waals surface area contributed by atoms with Crippen LogP contribution in [0.25, 0.3) is 0 Å². The second kappa shape index (κ2) is 7.90. The third-order valence-electron chi connectivity index (χ3n) is 7.07. The smallest absolute Gasteiger partial charge is 0.251 e. The molecule has 0 bridgehead atoms. The van der Waals surface area contributed by atoms with Gasteiger partial charge < -0.3 is 15.0 Å². The summed E-state index contributed by atoms with van der Waals surface area (Å²) in [7, 11) is 0. The van der Waals surface area contributed by atoms with E-state index in [1.807, 2.05) is 18.2 Å². The van der Waals surface area contributed by atoms with Crippen LogP contribution >= 0.6 is 0 Å². The van der Waals surface area contributed by atoms with Gasteiger partial charge in [-0.05, 0) is 42.7 Å². The molecule has 2 heterocycles. The van der Waals surface area contributed by atoms with Crippen molar-refractivity contribution in [2.24, 2.45) is 11.3 Å². The second-order valence-corrected chi connectivity index (χ2v) is 9.19. The average molecular weight is 399 g/mol. The van der Waals surface area contributed by atoms with Gasteiger partial charge in [0.1, 0.15) is 18.7 Å². The normalized spacial score (nSPS) is 32.7. The number of likely N-dealkylation sites (tertiary alicyclic amines) is 1. The van der Waals surface area contributed by atoms with E-state index in [4.69, 9.17) is 4.74 Å². The first kappa shape index (κ1) is 20.1. The zero-order chi connectivity index (χ0) is 20.6. The number of hydrogen-bond donors (Lipinski definition) is 1. The first-order chi connectivity index (χ1) is 13.9. The monoisotopic (exact) mass is 398 g/mol. The van der Waals surface area contributed by atoms with E-state index in [0.29, 0.717) is 24.4 Å². The fraction of sp³-hybridized carbons (Fsp3) is 0.609. The fourth-order valence-corrected chi connectivity index (χ4v) is 5.06. The Morgan fingerprint density at radius 3 is 2.55 bits per heavy atom. The van der Waals surface area contributed by atoms with Crippen molar-refractivity contribution in [1.82, 2.24) is 10.2 Å². The van der Waals surface area contributed by atoms with Crippen LogP contribution in [0.5, 0.6) is 0 Å². The summed E-state index contributed by atoms with van der Waals surface area (Å²) >= 11 is 0. The van der Waals surface area contributed by atoms with E-state index >= 15 is 0 Å². The van der Waals surface area contributed by atoms with Gasteiger partial charge in [-0.1, -0.05) is 44.9 Å². The molecule has 29 heavy (non-hydrogen) atoms. The molecule has 6 nitrogen and oxygen atoms in total. The summed E-state index contributed by atoms with van der Waals surface area (Å²) in [5.41, 5.74) is 0.215. The van der Waals surface area contributed by atoms with E-state index in [-0.39, 0.29) is 35.7 Å². The van der Waals surface area contributed by atoms with Gasteiger partial charge in [-0.25, -0.2) is 0 Å². The van der Waals surface area contributed by atoms with Gasteiger partial charge in [0.25, 0.3) is 5.91 Å². The minimum Gasteiger partial charge on any atom is -0.368 e. The highest BCUT2D eigenvalue weighted by molar-refractivity contribution is 5.99. The Bertz CT molecular complexity index is 785. The summed E-state index contributed by atoms with van der Waals surface area (Å²) in [6.07, 6.45) is 4.31. The molecule has 1 aromatic rings. The van der Waals surface area contributed by atoms with Crippen molar-refractivity contribution in [3.8, 4) is 0 Å². The van der Waals surface area contributed by atoms with Crippen LogP contribution in [0, 0.1) is 11.3 Å². The molecule has 4 rings (SSSR count). The Morgan fingerprint density at radius 2 is 1.86 bits per heavy atom. The number of benzene rings is 1. The summed E-state index contributed by atoms with van der Waals surface area (Å²) in [6.45, 7) is 4.92. The van der Waals surface area contributed by atoms with E-state index in [9.17, 15) is 14.4 Å². The fourth-order valence-electron chi connectivity index (χ4n) is 5.06. The van der Waals surface area contributed by atoms with E-state index < -0.39 is 12.1 Å². The highest BCUT2D eigenvalue weighted by Crippen LogP contribution is 2.42. The van der Waals surface area contributed by atoms with Crippen LogP contribution in [0.1, 0.15) is 56.3 Å². The van der Waals surface area contributed by atoms with Gasteiger partial charge in [0.15, 0.2) is 5.78 Å². The first-order valence-corrected chi connectivity index (χ1v) is 10.7. The standard InChI is InChI=1S/C23H30N2O4/c1-15-8-11-23(2,12-9-15)20(24-21(27)16-6-4-3-5-7-16)22(28)25-13-10-18-19(25)17(26)14-29-18/h3-7,15,18-20H,8-14H2,1-2H3,(H,24,27)/t15-,18-,19-,20-,23-/m1/s1. The van der Waals surface area contributed by atoms with Crippen molar-refractivity contribution in [2.45, 2.75) is 64.1 Å². The van der Waals surface area contributed by atoms with Crippen LogP contribution in [0.4, 0.5) is 0 Å². The highest BCUT2D eigenvalue weighted by atomic mass is 16.5. The molecule has 1 N–H and O–H groups in total. The number of amides is 2. The van der Waals surface area contributed by atoms with Gasteiger partial charge in [-0.3, -0.25) is 14.4 Å². The minimum atomic E-state index is -0.644. The van der Waals surface area contributed by atoms with Crippen molar-refractivity contribution in [1.29, 1.82) is 0 Å². The van der Waals surface area contributed by atoms with E-state index in [2.05, 4.69) is 19.2 Å². The molecule has 156 valence electrons. The van der Waals surface area contributed by atoms with Crippen molar-refractivity contribution < 1.29 is 19.1 Å². The van der Waals surface area contributed by atoms with Crippen molar-refractivity contribution in [3.05, 3.63) is 35.9 Å². The highest BCUT2D eigenvalue weighted by Gasteiger charge is 2.51. The SMILES string of the molecule is C[C@H]1CC[C@](C)([C@H](NC(=O)c2ccccc2)C(=O)N2CC[C@H]3OCC(=O)[C@H]32)CC1. The number of fused-ring (bicyclic) bond motifs is 1. The van der Waals surface area contributed by atoms with Crippen molar-refractivity contribution >= 4 is 17.6 Å². The third kappa shape index (κ3) is 3.82. The van der Waals surface area contributed by atoms with Gasteiger partial charge in [0.05, 0.1) is 6.10 Å². The zero-order valence-corrected chi connectivity index (χ0v) is 17.2. The summed E-state index contributed by atoms with van der Waals surface area (Å²) < 4.78 is 5.55. The predicted molar refractivity (Wildman–Crippen MR) is 108 cm³/mol. The van der Waals surface area contributed by atoms with Crippen LogP contribution in [0.2, 0.25) is 0 Å². The van der Waals surface area contributed by atoms with E-state index in [1.54, 1.807) is 17.0 Å². The molecule has 2 saturated heterocycles. The van der Waals surface area contributed by atoms with Crippen molar-refractivity contribution in [2.75, 3.05) is 13.2 Å². The lowest BCUT2D eigenvalue weighted by molar-refractivity contribution is -0.141. The van der Waals surface area contributed by atoms with Gasteiger partial charge in [0, 0.05) is 12.1 Å². The molecule has 1 aromatic carbocycles. The second-order valence-electron chi connectivity index (χ2n) is 9.19. The zero-order valence-electron chi connectivity index (χ0n) is 17.2. The lowest BCUT2D eigenvalue weighted by Crippen LogP contribution is -2.59. The molecule has 3 aliphatic rings. The largest absolute Gasteiger partial charge is 0.368 e. The molecular weight excluding hydrogens is 368 g/mol. The number of nitrogens with zero attached hydrogens (tertiary/aromatic N) is 1. The number of ketones is 1. The maximum Gasteiger partial charge on any atom is 0.251 e. The molecular formula is C23H30N2O4. The maximum absolute atomic E-state index is 13.7. The van der Waals surface area contributed by atoms with Crippen LogP contribution in [0.15, 0.2) is 30.3 Å². The van der Waals surface area contributed by atoms with E-state index in [0.717, 1.165) is 25.7 Å². The Morgan fingerprint density at radius 1 is 1.17 bits per heavy atom. The Balaban J connectivity index is 1.60. The molecule has 1 saturated carbocycles. The number of carbonyl (C=O) groups excluding carboxylic acids is 3. The topological polar surface area (TPSA) is 75.7 Å². The third-order valence-corrected chi connectivity index (χ3v) is 7.07. The van der Waals surface area contributed by atoms with Crippen LogP contribution in [0.3, 0.4) is 0 Å². The lowest BCUT2D eigenvalue weighted by atomic mass is 9.67. The average Bonchev–Trinajstić information content (AvgIpc) is 3.31. The number of carbonyl (C=O) groups is 3. The number of hydrogen-bond acceptors (Lipinski definition) is 4.